The molecule has 1 aromatic rings. The van der Waals surface area contributed by atoms with Gasteiger partial charge in [-0.25, -0.2) is 0 Å². The molecule has 0 aromatic heterocycles. The smallest absolute Gasteiger partial charge is 0.0587 e. The highest BCUT2D eigenvalue weighted by atomic mass is 16.5. The molecule has 2 rings (SSSR count). The molecule has 1 N–H and O–H groups in total. The third-order valence-corrected chi connectivity index (χ3v) is 4.17. The second kappa shape index (κ2) is 7.80. The molecule has 0 aliphatic carbocycles. The monoisotopic (exact) mass is 275 g/mol. The van der Waals surface area contributed by atoms with Gasteiger partial charge in [-0.2, -0.15) is 0 Å². The molecule has 0 amide bonds. The number of nitrogens with one attached hydrogen (secondary N) is 1. The first-order valence-electron chi connectivity index (χ1n) is 8.11. The normalized spacial score (nSPS) is 24.8. The molecule has 112 valence electrons. The van der Waals surface area contributed by atoms with Gasteiger partial charge in [-0.3, -0.25) is 0 Å². The van der Waals surface area contributed by atoms with E-state index in [0.29, 0.717) is 24.1 Å². The van der Waals surface area contributed by atoms with Crippen molar-refractivity contribution in [1.82, 2.24) is 5.32 Å². The predicted molar refractivity (Wildman–Crippen MR) is 84.8 cm³/mol. The minimum atomic E-state index is 0.441. The molecule has 1 aliphatic heterocycles. The lowest BCUT2D eigenvalue weighted by atomic mass is 9.94. The second-order valence-corrected chi connectivity index (χ2v) is 6.38. The molecule has 20 heavy (non-hydrogen) atoms. The SMILES string of the molecule is CCC1CC(NC(CC(C)C)c2ccccc2)CCO1. The van der Waals surface area contributed by atoms with Crippen LogP contribution in [0.4, 0.5) is 0 Å². The maximum absolute atomic E-state index is 5.79. The van der Waals surface area contributed by atoms with Crippen molar-refractivity contribution in [3.05, 3.63) is 35.9 Å². The van der Waals surface area contributed by atoms with Crippen molar-refractivity contribution < 1.29 is 4.74 Å². The number of hydrogen-bond acceptors (Lipinski definition) is 2. The molecule has 1 fully saturated rings. The molecule has 3 atom stereocenters. The standard InChI is InChI=1S/C18H29NO/c1-4-17-13-16(10-11-20-17)19-18(12-14(2)3)15-8-6-5-7-9-15/h5-9,14,16-19H,4,10-13H2,1-3H3. The lowest BCUT2D eigenvalue weighted by Crippen LogP contribution is -2.41. The van der Waals surface area contributed by atoms with Gasteiger partial charge in [0.2, 0.25) is 0 Å². The van der Waals surface area contributed by atoms with E-state index in [1.54, 1.807) is 0 Å². The highest BCUT2D eigenvalue weighted by molar-refractivity contribution is 5.19. The van der Waals surface area contributed by atoms with Crippen LogP contribution in [0.3, 0.4) is 0 Å². The Labute approximate surface area is 123 Å². The predicted octanol–water partition coefficient (Wildman–Crippen LogP) is 4.32. The largest absolute Gasteiger partial charge is 0.378 e. The second-order valence-electron chi connectivity index (χ2n) is 6.38. The van der Waals surface area contributed by atoms with E-state index in [1.807, 2.05) is 0 Å². The summed E-state index contributed by atoms with van der Waals surface area (Å²) in [7, 11) is 0. The third-order valence-electron chi connectivity index (χ3n) is 4.17. The Kier molecular flexibility index (Phi) is 6.06. The Balaban J connectivity index is 2.00. The summed E-state index contributed by atoms with van der Waals surface area (Å²) in [6, 6.07) is 11.9. The van der Waals surface area contributed by atoms with E-state index in [1.165, 1.54) is 12.0 Å². The number of hydrogen-bond donors (Lipinski definition) is 1. The zero-order chi connectivity index (χ0) is 14.4. The molecular weight excluding hydrogens is 246 g/mol. The van der Waals surface area contributed by atoms with E-state index < -0.39 is 0 Å². The average molecular weight is 275 g/mol. The van der Waals surface area contributed by atoms with E-state index in [-0.39, 0.29) is 0 Å². The van der Waals surface area contributed by atoms with Gasteiger partial charge in [0.25, 0.3) is 0 Å². The van der Waals surface area contributed by atoms with Crippen molar-refractivity contribution in [3.63, 3.8) is 0 Å². The summed E-state index contributed by atoms with van der Waals surface area (Å²) < 4.78 is 5.79. The van der Waals surface area contributed by atoms with Gasteiger partial charge in [0.15, 0.2) is 0 Å². The van der Waals surface area contributed by atoms with Crippen LogP contribution in [0.2, 0.25) is 0 Å². The summed E-state index contributed by atoms with van der Waals surface area (Å²) in [5.41, 5.74) is 1.42. The van der Waals surface area contributed by atoms with Gasteiger partial charge in [-0.1, -0.05) is 51.1 Å². The van der Waals surface area contributed by atoms with Crippen LogP contribution >= 0.6 is 0 Å². The van der Waals surface area contributed by atoms with Gasteiger partial charge in [-0.15, -0.1) is 0 Å². The molecule has 1 aliphatic rings. The van der Waals surface area contributed by atoms with Gasteiger partial charge in [0.1, 0.15) is 0 Å². The molecule has 0 saturated carbocycles. The zero-order valence-electron chi connectivity index (χ0n) is 13.1. The van der Waals surface area contributed by atoms with E-state index in [2.05, 4.69) is 56.4 Å². The average Bonchev–Trinajstić information content (AvgIpc) is 2.47. The molecule has 0 radical (unpaired) electrons. The van der Waals surface area contributed by atoms with Crippen molar-refractivity contribution >= 4 is 0 Å². The summed E-state index contributed by atoms with van der Waals surface area (Å²) in [6.07, 6.45) is 5.04. The minimum absolute atomic E-state index is 0.441. The maximum atomic E-state index is 5.79. The Bertz CT molecular complexity index is 376. The van der Waals surface area contributed by atoms with Crippen LogP contribution in [-0.4, -0.2) is 18.8 Å². The molecule has 1 saturated heterocycles. The first-order chi connectivity index (χ1) is 9.69. The van der Waals surface area contributed by atoms with Crippen LogP contribution in [0.1, 0.15) is 58.1 Å². The van der Waals surface area contributed by atoms with Crippen molar-refractivity contribution in [3.8, 4) is 0 Å². The van der Waals surface area contributed by atoms with Crippen LogP contribution in [-0.2, 0) is 4.74 Å². The Morgan fingerprint density at radius 2 is 2.00 bits per heavy atom. The number of benzene rings is 1. The summed E-state index contributed by atoms with van der Waals surface area (Å²) in [6.45, 7) is 7.72. The fraction of sp³-hybridized carbons (Fsp3) is 0.667. The van der Waals surface area contributed by atoms with Crippen LogP contribution in [0, 0.1) is 5.92 Å². The van der Waals surface area contributed by atoms with Crippen LogP contribution in [0.25, 0.3) is 0 Å². The highest BCUT2D eigenvalue weighted by Crippen LogP contribution is 2.25. The van der Waals surface area contributed by atoms with E-state index in [4.69, 9.17) is 4.74 Å². The van der Waals surface area contributed by atoms with E-state index in [9.17, 15) is 0 Å². The molecule has 0 spiro atoms. The number of ether oxygens (including phenoxy) is 1. The maximum Gasteiger partial charge on any atom is 0.0587 e. The summed E-state index contributed by atoms with van der Waals surface area (Å²) in [4.78, 5) is 0. The molecule has 2 heteroatoms. The Morgan fingerprint density at radius 1 is 1.25 bits per heavy atom. The van der Waals surface area contributed by atoms with Gasteiger partial charge >= 0.3 is 0 Å². The lowest BCUT2D eigenvalue weighted by molar-refractivity contribution is -0.00242. The van der Waals surface area contributed by atoms with Crippen LogP contribution in [0.15, 0.2) is 30.3 Å². The molecule has 3 unspecified atom stereocenters. The first-order valence-corrected chi connectivity index (χ1v) is 8.11. The van der Waals surface area contributed by atoms with Crippen molar-refractivity contribution in [2.75, 3.05) is 6.61 Å². The van der Waals surface area contributed by atoms with E-state index >= 15 is 0 Å². The fourth-order valence-corrected chi connectivity index (χ4v) is 3.06. The van der Waals surface area contributed by atoms with Gasteiger partial charge in [0, 0.05) is 18.7 Å². The van der Waals surface area contributed by atoms with Crippen LogP contribution in [0.5, 0.6) is 0 Å². The van der Waals surface area contributed by atoms with Crippen molar-refractivity contribution in [1.29, 1.82) is 0 Å². The topological polar surface area (TPSA) is 21.3 Å². The van der Waals surface area contributed by atoms with E-state index in [0.717, 1.165) is 25.9 Å². The fourth-order valence-electron chi connectivity index (χ4n) is 3.06. The molecule has 0 bridgehead atoms. The summed E-state index contributed by atoms with van der Waals surface area (Å²) in [5.74, 6) is 0.703. The quantitative estimate of drug-likeness (QED) is 0.834. The Hall–Kier alpha value is -0.860. The molecular formula is C18H29NO. The molecule has 1 heterocycles. The first kappa shape index (κ1) is 15.5. The highest BCUT2D eigenvalue weighted by Gasteiger charge is 2.24. The van der Waals surface area contributed by atoms with Gasteiger partial charge < -0.3 is 10.1 Å². The van der Waals surface area contributed by atoms with Crippen molar-refractivity contribution in [2.24, 2.45) is 5.92 Å². The number of rotatable bonds is 6. The summed E-state index contributed by atoms with van der Waals surface area (Å²) in [5, 5.41) is 3.89. The lowest BCUT2D eigenvalue weighted by Gasteiger charge is -2.33. The zero-order valence-corrected chi connectivity index (χ0v) is 13.1. The van der Waals surface area contributed by atoms with Gasteiger partial charge in [-0.05, 0) is 37.2 Å². The summed E-state index contributed by atoms with van der Waals surface area (Å²) >= 11 is 0. The van der Waals surface area contributed by atoms with Gasteiger partial charge in [0.05, 0.1) is 6.10 Å². The Morgan fingerprint density at radius 3 is 2.65 bits per heavy atom. The third kappa shape index (κ3) is 4.60. The van der Waals surface area contributed by atoms with Crippen LogP contribution < -0.4 is 5.32 Å². The molecule has 1 aromatic carbocycles. The minimum Gasteiger partial charge on any atom is -0.378 e. The molecule has 2 nitrogen and oxygen atoms in total. The van der Waals surface area contributed by atoms with Crippen molar-refractivity contribution in [2.45, 2.75) is 64.6 Å².